The van der Waals surface area contributed by atoms with Crippen LogP contribution in [-0.2, 0) is 11.3 Å². The van der Waals surface area contributed by atoms with Crippen molar-refractivity contribution in [3.63, 3.8) is 0 Å². The summed E-state index contributed by atoms with van der Waals surface area (Å²) in [7, 11) is 0. The molecule has 1 heterocycles. The lowest BCUT2D eigenvalue weighted by atomic mass is 10.1. The van der Waals surface area contributed by atoms with E-state index in [1.54, 1.807) is 24.3 Å². The molecule has 0 bridgehead atoms. The maximum Gasteiger partial charge on any atom is 0.343 e. The molecule has 5 nitrogen and oxygen atoms in total. The number of rotatable bonds is 8. The van der Waals surface area contributed by atoms with Crippen LogP contribution in [-0.4, -0.2) is 22.1 Å². The maximum atomic E-state index is 14.1. The van der Waals surface area contributed by atoms with E-state index in [-0.39, 0.29) is 17.9 Å². The molecular formula is C30H21ClF2N2O3. The van der Waals surface area contributed by atoms with Gasteiger partial charge in [0, 0.05) is 11.6 Å². The van der Waals surface area contributed by atoms with Gasteiger partial charge in [0.25, 0.3) is 0 Å². The van der Waals surface area contributed by atoms with Crippen LogP contribution in [0.4, 0.5) is 8.78 Å². The molecule has 4 aromatic carbocycles. The number of ether oxygens (including phenoxy) is 2. The first-order valence-corrected chi connectivity index (χ1v) is 12.1. The number of carbonyl (C=O) groups is 1. The van der Waals surface area contributed by atoms with Crippen molar-refractivity contribution in [1.82, 2.24) is 9.55 Å². The molecular weight excluding hydrogens is 510 g/mol. The van der Waals surface area contributed by atoms with Gasteiger partial charge < -0.3 is 14.0 Å². The number of halogens is 3. The molecule has 0 atom stereocenters. The molecule has 8 heteroatoms. The number of imidazole rings is 1. The molecule has 0 aliphatic rings. The fourth-order valence-electron chi connectivity index (χ4n) is 3.95. The SMILES string of the molecule is O=C(O/C(=C/c1nc2ccccc2n1CCOc1ccccc1Cl)c1cccc(F)c1)c1cccc(F)c1. The Morgan fingerprint density at radius 1 is 0.868 bits per heavy atom. The fraction of sp³-hybridized carbons (Fsp3) is 0.0667. The zero-order valence-corrected chi connectivity index (χ0v) is 20.7. The third kappa shape index (κ3) is 5.74. The largest absolute Gasteiger partial charge is 0.490 e. The van der Waals surface area contributed by atoms with Crippen molar-refractivity contribution in [3.8, 4) is 5.75 Å². The Balaban J connectivity index is 1.52. The van der Waals surface area contributed by atoms with Gasteiger partial charge in [-0.15, -0.1) is 0 Å². The van der Waals surface area contributed by atoms with E-state index in [1.165, 1.54) is 36.4 Å². The van der Waals surface area contributed by atoms with Crippen LogP contribution in [0.1, 0.15) is 21.7 Å². The average Bonchev–Trinajstić information content (AvgIpc) is 3.26. The monoisotopic (exact) mass is 530 g/mol. The van der Waals surface area contributed by atoms with E-state index in [2.05, 4.69) is 0 Å². The summed E-state index contributed by atoms with van der Waals surface area (Å²) in [4.78, 5) is 17.6. The molecule has 0 unspecified atom stereocenters. The molecule has 1 aromatic heterocycles. The standard InChI is InChI=1S/C30H21ClF2N2O3/c31-24-11-1-4-14-27(24)37-16-15-35-26-13-3-2-12-25(26)34-29(35)19-28(20-7-5-9-22(32)17-20)38-30(36)21-8-6-10-23(33)18-21/h1-14,17-19H,15-16H2/b28-19+. The molecule has 0 N–H and O–H groups in total. The number of carbonyl (C=O) groups excluding carboxylic acids is 1. The first-order chi connectivity index (χ1) is 18.5. The smallest absolute Gasteiger partial charge is 0.343 e. The average molecular weight is 531 g/mol. The molecule has 38 heavy (non-hydrogen) atoms. The second kappa shape index (κ2) is 11.3. The summed E-state index contributed by atoms with van der Waals surface area (Å²) in [6.07, 6.45) is 1.56. The summed E-state index contributed by atoms with van der Waals surface area (Å²) in [6.45, 7) is 0.676. The minimum atomic E-state index is -0.787. The Morgan fingerprint density at radius 3 is 2.32 bits per heavy atom. The second-order valence-electron chi connectivity index (χ2n) is 8.31. The number of fused-ring (bicyclic) bond motifs is 1. The number of para-hydroxylation sites is 3. The Labute approximate surface area is 222 Å². The first kappa shape index (κ1) is 25.2. The molecule has 0 saturated carbocycles. The zero-order valence-electron chi connectivity index (χ0n) is 20.0. The Kier molecular flexibility index (Phi) is 7.47. The molecule has 0 radical (unpaired) electrons. The number of benzene rings is 4. The van der Waals surface area contributed by atoms with Gasteiger partial charge in [0.15, 0.2) is 0 Å². The number of aromatic nitrogens is 2. The Hall–Kier alpha value is -4.49. The predicted molar refractivity (Wildman–Crippen MR) is 143 cm³/mol. The van der Waals surface area contributed by atoms with E-state index in [4.69, 9.17) is 26.1 Å². The molecule has 0 spiro atoms. The summed E-state index contributed by atoms with van der Waals surface area (Å²) in [6, 6.07) is 25.5. The summed E-state index contributed by atoms with van der Waals surface area (Å²) in [5.74, 6) is -0.791. The van der Waals surface area contributed by atoms with Crippen molar-refractivity contribution in [2.24, 2.45) is 0 Å². The molecule has 0 fully saturated rings. The molecule has 0 saturated heterocycles. The van der Waals surface area contributed by atoms with Crippen LogP contribution in [0.15, 0.2) is 97.1 Å². The van der Waals surface area contributed by atoms with Gasteiger partial charge in [-0.3, -0.25) is 0 Å². The lowest BCUT2D eigenvalue weighted by molar-refractivity contribution is 0.0693. The summed E-state index contributed by atoms with van der Waals surface area (Å²) in [5.41, 5.74) is 1.89. The van der Waals surface area contributed by atoms with Crippen molar-refractivity contribution in [1.29, 1.82) is 0 Å². The second-order valence-corrected chi connectivity index (χ2v) is 8.72. The number of hydrogen-bond donors (Lipinski definition) is 0. The van der Waals surface area contributed by atoms with E-state index >= 15 is 0 Å². The van der Waals surface area contributed by atoms with Crippen LogP contribution in [0.25, 0.3) is 22.9 Å². The molecule has 5 aromatic rings. The van der Waals surface area contributed by atoms with Gasteiger partial charge >= 0.3 is 5.97 Å². The normalized spacial score (nSPS) is 11.5. The van der Waals surface area contributed by atoms with Gasteiger partial charge in [-0.25, -0.2) is 18.6 Å². The minimum absolute atomic E-state index is 0.0222. The van der Waals surface area contributed by atoms with Crippen molar-refractivity contribution in [2.75, 3.05) is 6.61 Å². The molecule has 0 aliphatic carbocycles. The van der Waals surface area contributed by atoms with Crippen LogP contribution in [0.2, 0.25) is 5.02 Å². The summed E-state index contributed by atoms with van der Waals surface area (Å²) < 4.78 is 41.3. The highest BCUT2D eigenvalue weighted by Gasteiger charge is 2.17. The minimum Gasteiger partial charge on any atom is -0.490 e. The van der Waals surface area contributed by atoms with E-state index in [0.717, 1.165) is 11.6 Å². The van der Waals surface area contributed by atoms with Crippen LogP contribution >= 0.6 is 11.6 Å². The third-order valence-electron chi connectivity index (χ3n) is 5.73. The van der Waals surface area contributed by atoms with Gasteiger partial charge in [-0.1, -0.05) is 54.1 Å². The summed E-state index contributed by atoms with van der Waals surface area (Å²) in [5, 5.41) is 0.501. The van der Waals surface area contributed by atoms with Gasteiger partial charge in [0.2, 0.25) is 0 Å². The van der Waals surface area contributed by atoms with Crippen LogP contribution in [0.5, 0.6) is 5.75 Å². The van der Waals surface area contributed by atoms with E-state index in [1.807, 2.05) is 41.0 Å². The number of esters is 1. The van der Waals surface area contributed by atoms with E-state index < -0.39 is 17.6 Å². The van der Waals surface area contributed by atoms with Crippen molar-refractivity contribution in [2.45, 2.75) is 6.54 Å². The van der Waals surface area contributed by atoms with Gasteiger partial charge in [-0.05, 0) is 54.6 Å². The zero-order chi connectivity index (χ0) is 26.5. The van der Waals surface area contributed by atoms with Crippen molar-refractivity contribution in [3.05, 3.63) is 131 Å². The van der Waals surface area contributed by atoms with Crippen LogP contribution in [0.3, 0.4) is 0 Å². The van der Waals surface area contributed by atoms with E-state index in [9.17, 15) is 13.6 Å². The first-order valence-electron chi connectivity index (χ1n) is 11.8. The number of nitrogens with zero attached hydrogens (tertiary/aromatic N) is 2. The molecule has 0 amide bonds. The Bertz CT molecular complexity index is 1650. The highest BCUT2D eigenvalue weighted by molar-refractivity contribution is 6.32. The topological polar surface area (TPSA) is 53.3 Å². The van der Waals surface area contributed by atoms with Gasteiger partial charge in [0.05, 0.1) is 28.2 Å². The maximum absolute atomic E-state index is 14.1. The lowest BCUT2D eigenvalue weighted by Gasteiger charge is -2.12. The van der Waals surface area contributed by atoms with Gasteiger partial charge in [0.1, 0.15) is 35.6 Å². The summed E-state index contributed by atoms with van der Waals surface area (Å²) >= 11 is 6.21. The molecule has 0 aliphatic heterocycles. The van der Waals surface area contributed by atoms with Crippen LogP contribution in [0, 0.1) is 11.6 Å². The lowest BCUT2D eigenvalue weighted by Crippen LogP contribution is -2.11. The highest BCUT2D eigenvalue weighted by atomic mass is 35.5. The van der Waals surface area contributed by atoms with E-state index in [0.29, 0.717) is 34.2 Å². The van der Waals surface area contributed by atoms with Crippen molar-refractivity contribution >= 4 is 40.4 Å². The quantitative estimate of drug-likeness (QED) is 0.155. The Morgan fingerprint density at radius 2 is 1.55 bits per heavy atom. The van der Waals surface area contributed by atoms with Crippen molar-refractivity contribution < 1.29 is 23.0 Å². The van der Waals surface area contributed by atoms with Crippen LogP contribution < -0.4 is 4.74 Å². The fourth-order valence-corrected chi connectivity index (χ4v) is 4.14. The highest BCUT2D eigenvalue weighted by Crippen LogP contribution is 2.26. The predicted octanol–water partition coefficient (Wildman–Crippen LogP) is 7.40. The van der Waals surface area contributed by atoms with Gasteiger partial charge in [-0.2, -0.15) is 0 Å². The molecule has 190 valence electrons. The number of hydrogen-bond acceptors (Lipinski definition) is 4. The molecule has 5 rings (SSSR count). The third-order valence-corrected chi connectivity index (χ3v) is 6.04.